The number of fused-ring (bicyclic) bond motifs is 1. The standard InChI is InChI=1S/C14H10N2O3/c1-8-11-12(10(17)7-15-8)14(19)16(13(11)18)9-5-3-2-4-6-9/h2-7,17H,1H3. The minimum absolute atomic E-state index is 0.0290. The first-order valence-electron chi connectivity index (χ1n) is 5.73. The number of carbonyl (C=O) groups is 2. The lowest BCUT2D eigenvalue weighted by molar-refractivity contribution is 0.0925. The zero-order chi connectivity index (χ0) is 13.6. The number of carbonyl (C=O) groups excluding carboxylic acids is 2. The lowest BCUT2D eigenvalue weighted by atomic mass is 10.1. The van der Waals surface area contributed by atoms with Gasteiger partial charge in [0.1, 0.15) is 5.75 Å². The van der Waals surface area contributed by atoms with Crippen molar-refractivity contribution < 1.29 is 14.7 Å². The topological polar surface area (TPSA) is 70.5 Å². The summed E-state index contributed by atoms with van der Waals surface area (Å²) in [5, 5.41) is 9.75. The van der Waals surface area contributed by atoms with E-state index in [9.17, 15) is 14.7 Å². The molecule has 0 saturated heterocycles. The van der Waals surface area contributed by atoms with Gasteiger partial charge in [-0.3, -0.25) is 14.6 Å². The van der Waals surface area contributed by atoms with E-state index in [1.807, 2.05) is 0 Å². The largest absolute Gasteiger partial charge is 0.505 e. The van der Waals surface area contributed by atoms with Crippen molar-refractivity contribution in [2.45, 2.75) is 6.92 Å². The Morgan fingerprint density at radius 1 is 1.05 bits per heavy atom. The molecule has 5 nitrogen and oxygen atoms in total. The minimum atomic E-state index is -0.519. The first-order valence-corrected chi connectivity index (χ1v) is 5.73. The lowest BCUT2D eigenvalue weighted by Crippen LogP contribution is -2.29. The Morgan fingerprint density at radius 2 is 1.68 bits per heavy atom. The highest BCUT2D eigenvalue weighted by Gasteiger charge is 2.40. The fraction of sp³-hybridized carbons (Fsp3) is 0.0714. The number of hydrogen-bond acceptors (Lipinski definition) is 4. The summed E-state index contributed by atoms with van der Waals surface area (Å²) in [5.74, 6) is -1.24. The summed E-state index contributed by atoms with van der Waals surface area (Å²) in [5.41, 5.74) is 1.12. The van der Waals surface area contributed by atoms with Gasteiger partial charge in [-0.15, -0.1) is 0 Å². The van der Waals surface area contributed by atoms with E-state index in [1.54, 1.807) is 37.3 Å². The smallest absolute Gasteiger partial charge is 0.270 e. The van der Waals surface area contributed by atoms with Crippen LogP contribution in [-0.4, -0.2) is 21.9 Å². The molecule has 1 aliphatic heterocycles. The van der Waals surface area contributed by atoms with Gasteiger partial charge >= 0.3 is 0 Å². The molecule has 2 amide bonds. The maximum atomic E-state index is 12.3. The van der Waals surface area contributed by atoms with Crippen LogP contribution in [0.3, 0.4) is 0 Å². The molecule has 1 aromatic carbocycles. The zero-order valence-corrected chi connectivity index (χ0v) is 10.1. The van der Waals surface area contributed by atoms with Crippen molar-refractivity contribution in [3.8, 4) is 5.75 Å². The molecule has 2 aromatic rings. The Bertz CT molecular complexity index is 654. The molecule has 19 heavy (non-hydrogen) atoms. The number of pyridine rings is 1. The number of nitrogens with zero attached hydrogens (tertiary/aromatic N) is 2. The Morgan fingerprint density at radius 3 is 2.32 bits per heavy atom. The Labute approximate surface area is 109 Å². The lowest BCUT2D eigenvalue weighted by Gasteiger charge is -2.13. The average molecular weight is 254 g/mol. The van der Waals surface area contributed by atoms with Gasteiger partial charge in [0, 0.05) is 0 Å². The van der Waals surface area contributed by atoms with Crippen LogP contribution in [0.15, 0.2) is 36.5 Å². The normalized spacial score (nSPS) is 13.8. The van der Waals surface area contributed by atoms with Gasteiger partial charge in [-0.25, -0.2) is 4.90 Å². The van der Waals surface area contributed by atoms with E-state index < -0.39 is 11.8 Å². The number of benzene rings is 1. The fourth-order valence-corrected chi connectivity index (χ4v) is 2.20. The second-order valence-corrected chi connectivity index (χ2v) is 4.26. The van der Waals surface area contributed by atoms with E-state index in [0.29, 0.717) is 11.4 Å². The first-order chi connectivity index (χ1) is 9.11. The van der Waals surface area contributed by atoms with E-state index in [0.717, 1.165) is 4.90 Å². The number of imide groups is 1. The molecule has 2 heterocycles. The highest BCUT2D eigenvalue weighted by molar-refractivity contribution is 6.35. The molecule has 3 rings (SSSR count). The summed E-state index contributed by atoms with van der Waals surface area (Å²) >= 11 is 0. The molecule has 0 bridgehead atoms. The van der Waals surface area contributed by atoms with Crippen molar-refractivity contribution in [2.75, 3.05) is 4.90 Å². The first kappa shape index (κ1) is 11.4. The van der Waals surface area contributed by atoms with Crippen LogP contribution in [-0.2, 0) is 0 Å². The Kier molecular flexibility index (Phi) is 2.35. The highest BCUT2D eigenvalue weighted by atomic mass is 16.3. The number of hydrogen-bond donors (Lipinski definition) is 1. The number of anilines is 1. The second-order valence-electron chi connectivity index (χ2n) is 4.26. The average Bonchev–Trinajstić information content (AvgIpc) is 2.68. The Hall–Kier alpha value is -2.69. The fourth-order valence-electron chi connectivity index (χ4n) is 2.20. The second kappa shape index (κ2) is 3.91. The maximum absolute atomic E-state index is 12.3. The molecule has 0 aliphatic carbocycles. The molecule has 0 spiro atoms. The van der Waals surface area contributed by atoms with E-state index in [2.05, 4.69) is 4.98 Å². The van der Waals surface area contributed by atoms with Gasteiger partial charge < -0.3 is 5.11 Å². The van der Waals surface area contributed by atoms with E-state index >= 15 is 0 Å². The van der Waals surface area contributed by atoms with Crippen LogP contribution in [0.2, 0.25) is 0 Å². The van der Waals surface area contributed by atoms with Crippen molar-refractivity contribution in [2.24, 2.45) is 0 Å². The summed E-state index contributed by atoms with van der Waals surface area (Å²) in [4.78, 5) is 29.6. The van der Waals surface area contributed by atoms with Crippen molar-refractivity contribution in [1.82, 2.24) is 4.98 Å². The predicted molar refractivity (Wildman–Crippen MR) is 68.2 cm³/mol. The van der Waals surface area contributed by atoms with Gasteiger partial charge in [0.2, 0.25) is 0 Å². The quantitative estimate of drug-likeness (QED) is 0.789. The van der Waals surface area contributed by atoms with Gasteiger partial charge in [-0.05, 0) is 19.1 Å². The van der Waals surface area contributed by atoms with Crippen LogP contribution in [0.5, 0.6) is 5.75 Å². The van der Waals surface area contributed by atoms with Crippen molar-refractivity contribution in [3.05, 3.63) is 53.3 Å². The van der Waals surface area contributed by atoms with Crippen LogP contribution in [0, 0.1) is 6.92 Å². The van der Waals surface area contributed by atoms with Crippen molar-refractivity contribution >= 4 is 17.5 Å². The molecule has 1 N–H and O–H groups in total. The number of aromatic hydroxyl groups is 1. The predicted octanol–water partition coefficient (Wildman–Crippen LogP) is 1.90. The third kappa shape index (κ3) is 1.52. The summed E-state index contributed by atoms with van der Waals surface area (Å²) in [6.45, 7) is 1.64. The number of para-hydroxylation sites is 1. The molecular weight excluding hydrogens is 244 g/mol. The van der Waals surface area contributed by atoms with Crippen LogP contribution in [0.4, 0.5) is 5.69 Å². The van der Waals surface area contributed by atoms with Gasteiger partial charge in [0.15, 0.2) is 0 Å². The number of rotatable bonds is 1. The van der Waals surface area contributed by atoms with Crippen LogP contribution < -0.4 is 4.90 Å². The molecule has 0 saturated carbocycles. The van der Waals surface area contributed by atoms with E-state index in [1.165, 1.54) is 6.20 Å². The van der Waals surface area contributed by atoms with Gasteiger partial charge in [-0.2, -0.15) is 0 Å². The molecule has 0 atom stereocenters. The summed E-state index contributed by atoms with van der Waals surface area (Å²) in [6.07, 6.45) is 1.19. The molecule has 5 heteroatoms. The van der Waals surface area contributed by atoms with Gasteiger partial charge in [0.05, 0.1) is 28.7 Å². The van der Waals surface area contributed by atoms with Crippen molar-refractivity contribution in [1.29, 1.82) is 0 Å². The number of amides is 2. The summed E-state index contributed by atoms with van der Waals surface area (Å²) in [7, 11) is 0. The molecule has 0 unspecified atom stereocenters. The SMILES string of the molecule is Cc1ncc(O)c2c1C(=O)N(c1ccccc1)C2=O. The van der Waals surface area contributed by atoms with Gasteiger partial charge in [-0.1, -0.05) is 18.2 Å². The van der Waals surface area contributed by atoms with E-state index in [-0.39, 0.29) is 16.9 Å². The van der Waals surface area contributed by atoms with Crippen LogP contribution >= 0.6 is 0 Å². The highest BCUT2D eigenvalue weighted by Crippen LogP contribution is 2.34. The molecular formula is C14H10N2O3. The Balaban J connectivity index is 2.21. The minimum Gasteiger partial charge on any atom is -0.505 e. The van der Waals surface area contributed by atoms with Crippen molar-refractivity contribution in [3.63, 3.8) is 0 Å². The maximum Gasteiger partial charge on any atom is 0.270 e. The third-order valence-electron chi connectivity index (χ3n) is 3.10. The van der Waals surface area contributed by atoms with Crippen LogP contribution in [0.1, 0.15) is 26.4 Å². The third-order valence-corrected chi connectivity index (χ3v) is 3.10. The molecule has 94 valence electrons. The molecule has 1 aromatic heterocycles. The number of aryl methyl sites for hydroxylation is 1. The molecule has 0 radical (unpaired) electrons. The zero-order valence-electron chi connectivity index (χ0n) is 10.1. The number of aromatic nitrogens is 1. The summed E-state index contributed by atoms with van der Waals surface area (Å²) < 4.78 is 0. The summed E-state index contributed by atoms with van der Waals surface area (Å²) in [6, 6.07) is 8.61. The molecule has 0 fully saturated rings. The van der Waals surface area contributed by atoms with E-state index in [4.69, 9.17) is 0 Å². The van der Waals surface area contributed by atoms with Gasteiger partial charge in [0.25, 0.3) is 11.8 Å². The van der Waals surface area contributed by atoms with Crippen LogP contribution in [0.25, 0.3) is 0 Å². The molecule has 1 aliphatic rings. The monoisotopic (exact) mass is 254 g/mol.